The summed E-state index contributed by atoms with van der Waals surface area (Å²) in [5.41, 5.74) is 6.14. The predicted octanol–water partition coefficient (Wildman–Crippen LogP) is 6.41. The summed E-state index contributed by atoms with van der Waals surface area (Å²) in [4.78, 5) is 15.4. The molecule has 0 fully saturated rings. The second-order valence-electron chi connectivity index (χ2n) is 8.27. The summed E-state index contributed by atoms with van der Waals surface area (Å²) in [5, 5.41) is 3.64. The van der Waals surface area contributed by atoms with Crippen LogP contribution in [0.25, 0.3) is 0 Å². The number of carbonyl (C=O) groups excluding carboxylic acids is 1. The van der Waals surface area contributed by atoms with E-state index in [1.54, 1.807) is 23.1 Å². The minimum absolute atomic E-state index is 0.144. The van der Waals surface area contributed by atoms with E-state index in [2.05, 4.69) is 9.88 Å². The van der Waals surface area contributed by atoms with Crippen LogP contribution in [0.15, 0.2) is 79.0 Å². The van der Waals surface area contributed by atoms with E-state index >= 15 is 0 Å². The van der Waals surface area contributed by atoms with Gasteiger partial charge >= 0.3 is 0 Å². The van der Waals surface area contributed by atoms with Crippen molar-refractivity contribution >= 4 is 28.9 Å². The normalized spacial score (nSPS) is 12.6. The van der Waals surface area contributed by atoms with Crippen LogP contribution in [0, 0.1) is 12.7 Å². The fourth-order valence-corrected chi connectivity index (χ4v) is 4.50. The lowest BCUT2D eigenvalue weighted by molar-refractivity contribution is 0.0985. The molecule has 2 heterocycles. The van der Waals surface area contributed by atoms with E-state index in [0.29, 0.717) is 23.7 Å². The van der Waals surface area contributed by atoms with Crippen molar-refractivity contribution in [1.82, 2.24) is 4.57 Å². The molecule has 1 aliphatic rings. The fraction of sp³-hybridized carbons (Fsp3) is 0.148. The number of aryl methyl sites for hydroxylation is 1. The van der Waals surface area contributed by atoms with Crippen LogP contribution in [0.3, 0.4) is 0 Å². The first-order valence-corrected chi connectivity index (χ1v) is 11.2. The van der Waals surface area contributed by atoms with E-state index in [1.165, 1.54) is 12.1 Å². The van der Waals surface area contributed by atoms with Gasteiger partial charge in [-0.3, -0.25) is 4.79 Å². The maximum atomic E-state index is 13.6. The third-order valence-electron chi connectivity index (χ3n) is 6.11. The molecule has 33 heavy (non-hydrogen) atoms. The molecule has 1 amide bonds. The predicted molar refractivity (Wildman–Crippen MR) is 130 cm³/mol. The van der Waals surface area contributed by atoms with Gasteiger partial charge < -0.3 is 14.8 Å². The number of rotatable bonds is 4. The maximum Gasteiger partial charge on any atom is 0.260 e. The van der Waals surface area contributed by atoms with Crippen molar-refractivity contribution in [2.24, 2.45) is 0 Å². The molecule has 166 valence electrons. The van der Waals surface area contributed by atoms with Crippen LogP contribution in [0.4, 0.5) is 15.8 Å². The Morgan fingerprint density at radius 1 is 1.03 bits per heavy atom. The number of nitrogens with zero attached hydrogens (tertiary/aromatic N) is 2. The number of benzene rings is 3. The average Bonchev–Trinajstić information content (AvgIpc) is 3.18. The van der Waals surface area contributed by atoms with Crippen LogP contribution >= 0.6 is 11.6 Å². The van der Waals surface area contributed by atoms with Gasteiger partial charge in [-0.2, -0.15) is 0 Å². The van der Waals surface area contributed by atoms with Gasteiger partial charge in [-0.25, -0.2) is 4.39 Å². The fourth-order valence-electron chi connectivity index (χ4n) is 4.24. The summed E-state index contributed by atoms with van der Waals surface area (Å²) >= 11 is 6.58. The highest BCUT2D eigenvalue weighted by molar-refractivity contribution is 6.34. The van der Waals surface area contributed by atoms with E-state index in [9.17, 15) is 9.18 Å². The number of halogens is 2. The number of fused-ring (bicyclic) bond motifs is 2. The van der Waals surface area contributed by atoms with E-state index in [1.807, 2.05) is 55.6 Å². The van der Waals surface area contributed by atoms with Crippen molar-refractivity contribution in [3.63, 3.8) is 0 Å². The third kappa shape index (κ3) is 4.24. The third-order valence-corrected chi connectivity index (χ3v) is 6.42. The van der Waals surface area contributed by atoms with Crippen molar-refractivity contribution in [2.45, 2.75) is 26.6 Å². The summed E-state index contributed by atoms with van der Waals surface area (Å²) in [6.07, 6.45) is 2.04. The minimum Gasteiger partial charge on any atom is -0.381 e. The van der Waals surface area contributed by atoms with Crippen molar-refractivity contribution < 1.29 is 9.18 Å². The van der Waals surface area contributed by atoms with Gasteiger partial charge in [-0.1, -0.05) is 35.9 Å². The molecule has 0 saturated carbocycles. The summed E-state index contributed by atoms with van der Waals surface area (Å²) in [5.74, 6) is -0.408. The second kappa shape index (κ2) is 8.75. The SMILES string of the molecule is Cc1ccc(F)cc1CNc1ccc(C(=O)N2Cc3cccn3Cc3ccccc32)c(Cl)c1. The molecular formula is C27H23ClFN3O. The lowest BCUT2D eigenvalue weighted by Crippen LogP contribution is -2.30. The first-order chi connectivity index (χ1) is 16.0. The van der Waals surface area contributed by atoms with Crippen LogP contribution < -0.4 is 10.2 Å². The summed E-state index contributed by atoms with van der Waals surface area (Å²) in [6, 6.07) is 22.1. The van der Waals surface area contributed by atoms with Gasteiger partial charge in [-0.05, 0) is 72.1 Å². The quantitative estimate of drug-likeness (QED) is 0.383. The van der Waals surface area contributed by atoms with Crippen molar-refractivity contribution in [3.05, 3.63) is 118 Å². The molecule has 6 heteroatoms. The maximum absolute atomic E-state index is 13.6. The number of amides is 1. The zero-order valence-corrected chi connectivity index (χ0v) is 18.9. The van der Waals surface area contributed by atoms with Gasteiger partial charge in [0.05, 0.1) is 17.1 Å². The van der Waals surface area contributed by atoms with Crippen LogP contribution in [-0.2, 0) is 19.6 Å². The topological polar surface area (TPSA) is 37.3 Å². The van der Waals surface area contributed by atoms with Crippen molar-refractivity contribution in [3.8, 4) is 0 Å². The lowest BCUT2D eigenvalue weighted by atomic mass is 10.1. The Bertz CT molecular complexity index is 1350. The van der Waals surface area contributed by atoms with Crippen LogP contribution in [0.1, 0.15) is 32.7 Å². The molecule has 0 aliphatic carbocycles. The number of carbonyl (C=O) groups is 1. The molecule has 4 aromatic rings. The number of hydrogen-bond donors (Lipinski definition) is 1. The summed E-state index contributed by atoms with van der Waals surface area (Å²) < 4.78 is 15.7. The number of nitrogens with one attached hydrogen (secondary N) is 1. The molecule has 5 rings (SSSR count). The number of para-hydroxylation sites is 1. The van der Waals surface area contributed by atoms with Crippen molar-refractivity contribution in [1.29, 1.82) is 0 Å². The highest BCUT2D eigenvalue weighted by atomic mass is 35.5. The van der Waals surface area contributed by atoms with Crippen LogP contribution in [0.5, 0.6) is 0 Å². The average molecular weight is 460 g/mol. The van der Waals surface area contributed by atoms with Crippen LogP contribution in [0.2, 0.25) is 5.02 Å². The smallest absolute Gasteiger partial charge is 0.260 e. The number of anilines is 2. The molecule has 1 aliphatic heterocycles. The van der Waals surface area contributed by atoms with Gasteiger partial charge in [0.25, 0.3) is 5.91 Å². The molecule has 0 radical (unpaired) electrons. The largest absolute Gasteiger partial charge is 0.381 e. The molecule has 1 aromatic heterocycles. The van der Waals surface area contributed by atoms with E-state index in [0.717, 1.165) is 40.3 Å². The van der Waals surface area contributed by atoms with Gasteiger partial charge in [-0.15, -0.1) is 0 Å². The van der Waals surface area contributed by atoms with Gasteiger partial charge in [0, 0.05) is 36.4 Å². The molecule has 1 N–H and O–H groups in total. The Labute approximate surface area is 197 Å². The molecule has 3 aromatic carbocycles. The molecule has 0 bridgehead atoms. The Kier molecular flexibility index (Phi) is 5.65. The standard InChI is InChI=1S/C27H23ClFN3O/c1-18-8-9-21(29)13-20(18)15-30-22-10-11-24(25(28)14-22)27(33)32-17-23-6-4-12-31(23)16-19-5-2-3-7-26(19)32/h2-14,30H,15-17H2,1H3. The molecule has 4 nitrogen and oxygen atoms in total. The Morgan fingerprint density at radius 2 is 1.88 bits per heavy atom. The highest BCUT2D eigenvalue weighted by Crippen LogP contribution is 2.31. The first-order valence-electron chi connectivity index (χ1n) is 10.8. The summed E-state index contributed by atoms with van der Waals surface area (Å²) in [6.45, 7) is 3.60. The molecule has 0 saturated heterocycles. The van der Waals surface area contributed by atoms with Gasteiger partial charge in [0.1, 0.15) is 5.82 Å². The zero-order chi connectivity index (χ0) is 22.9. The molecule has 0 atom stereocenters. The number of hydrogen-bond acceptors (Lipinski definition) is 2. The number of aromatic nitrogens is 1. The molecule has 0 spiro atoms. The Hall–Kier alpha value is -3.57. The minimum atomic E-state index is -0.264. The Balaban J connectivity index is 1.40. The highest BCUT2D eigenvalue weighted by Gasteiger charge is 2.26. The van der Waals surface area contributed by atoms with Crippen molar-refractivity contribution in [2.75, 3.05) is 10.2 Å². The van der Waals surface area contributed by atoms with E-state index in [-0.39, 0.29) is 11.7 Å². The molecule has 0 unspecified atom stereocenters. The van der Waals surface area contributed by atoms with E-state index < -0.39 is 0 Å². The van der Waals surface area contributed by atoms with Crippen LogP contribution in [-0.4, -0.2) is 10.5 Å². The molecular weight excluding hydrogens is 437 g/mol. The monoisotopic (exact) mass is 459 g/mol. The van der Waals surface area contributed by atoms with E-state index in [4.69, 9.17) is 11.6 Å². The first kappa shape index (κ1) is 21.3. The Morgan fingerprint density at radius 3 is 2.73 bits per heavy atom. The van der Waals surface area contributed by atoms with Gasteiger partial charge in [0.2, 0.25) is 0 Å². The van der Waals surface area contributed by atoms with Gasteiger partial charge in [0.15, 0.2) is 0 Å². The lowest BCUT2D eigenvalue weighted by Gasteiger charge is -2.23. The zero-order valence-electron chi connectivity index (χ0n) is 18.2. The summed E-state index contributed by atoms with van der Waals surface area (Å²) in [7, 11) is 0. The second-order valence-corrected chi connectivity index (χ2v) is 8.67.